The molecule has 0 unspecified atom stereocenters. The second-order valence-corrected chi connectivity index (χ2v) is 4.33. The molecule has 0 bridgehead atoms. The zero-order chi connectivity index (χ0) is 14.7. The molecular formula is C12H13N3O5. The van der Waals surface area contributed by atoms with Crippen molar-refractivity contribution in [1.82, 2.24) is 9.55 Å². The fourth-order valence-electron chi connectivity index (χ4n) is 2.01. The third kappa shape index (κ3) is 2.70. The Morgan fingerprint density at radius 1 is 1.60 bits per heavy atom. The molecule has 20 heavy (non-hydrogen) atoms. The van der Waals surface area contributed by atoms with Crippen LogP contribution in [0.1, 0.15) is 18.2 Å². The number of aliphatic hydroxyl groups excluding tert-OH is 2. The summed E-state index contributed by atoms with van der Waals surface area (Å²) in [6.45, 7) is -0.364. The van der Waals surface area contributed by atoms with Gasteiger partial charge in [-0.05, 0) is 6.08 Å². The van der Waals surface area contributed by atoms with E-state index in [1.807, 2.05) is 0 Å². The lowest BCUT2D eigenvalue weighted by molar-refractivity contribution is -0.0459. The molecule has 0 amide bonds. The van der Waals surface area contributed by atoms with Crippen molar-refractivity contribution in [2.24, 2.45) is 0 Å². The molecule has 2 rings (SSSR count). The summed E-state index contributed by atoms with van der Waals surface area (Å²) in [6, 6.07) is 1.75. The summed E-state index contributed by atoms with van der Waals surface area (Å²) < 4.78 is 6.46. The number of aromatic amines is 1. The number of ether oxygens (including phenoxy) is 1. The topological polar surface area (TPSA) is 128 Å². The summed E-state index contributed by atoms with van der Waals surface area (Å²) in [4.78, 5) is 25.4. The molecule has 0 radical (unpaired) electrons. The maximum Gasteiger partial charge on any atom is 0.330 e. The van der Waals surface area contributed by atoms with Crippen LogP contribution in [0.25, 0.3) is 6.08 Å². The van der Waals surface area contributed by atoms with Gasteiger partial charge in [0, 0.05) is 18.7 Å². The van der Waals surface area contributed by atoms with E-state index in [4.69, 9.17) is 15.1 Å². The minimum atomic E-state index is -0.887. The van der Waals surface area contributed by atoms with Crippen LogP contribution in [0.2, 0.25) is 0 Å². The molecule has 8 heteroatoms. The summed E-state index contributed by atoms with van der Waals surface area (Å²) in [5, 5.41) is 27.1. The standard InChI is InChI=1S/C12H13N3O5/c13-3-1-2-7-5-15(12(19)14-11(7)18)10-4-8(17)9(6-16)20-10/h1-2,5,8-10,16-17H,4,6H2,(H,14,18,19)/t8-,9+,10+/m1/s1. The summed E-state index contributed by atoms with van der Waals surface area (Å²) in [6.07, 6.45) is 1.33. The fraction of sp³-hybridized carbons (Fsp3) is 0.417. The van der Waals surface area contributed by atoms with Gasteiger partial charge in [0.2, 0.25) is 0 Å². The second kappa shape index (κ2) is 5.83. The Hall–Kier alpha value is -2.21. The van der Waals surface area contributed by atoms with Crippen LogP contribution in [0.3, 0.4) is 0 Å². The van der Waals surface area contributed by atoms with Gasteiger partial charge in [0.05, 0.1) is 24.3 Å². The van der Waals surface area contributed by atoms with E-state index in [0.717, 1.165) is 10.6 Å². The van der Waals surface area contributed by atoms with Crippen molar-refractivity contribution < 1.29 is 14.9 Å². The molecule has 1 fully saturated rings. The number of nitriles is 1. The van der Waals surface area contributed by atoms with Crippen LogP contribution in [0.5, 0.6) is 0 Å². The lowest BCUT2D eigenvalue weighted by Gasteiger charge is -2.14. The molecule has 1 aliphatic rings. The highest BCUT2D eigenvalue weighted by Crippen LogP contribution is 2.27. The van der Waals surface area contributed by atoms with Crippen molar-refractivity contribution >= 4 is 6.08 Å². The first-order valence-electron chi connectivity index (χ1n) is 5.93. The van der Waals surface area contributed by atoms with Crippen LogP contribution < -0.4 is 11.2 Å². The zero-order valence-corrected chi connectivity index (χ0v) is 10.4. The normalized spacial score (nSPS) is 25.9. The zero-order valence-electron chi connectivity index (χ0n) is 10.4. The first kappa shape index (κ1) is 14.2. The molecule has 106 valence electrons. The third-order valence-corrected chi connectivity index (χ3v) is 3.03. The summed E-state index contributed by atoms with van der Waals surface area (Å²) in [7, 11) is 0. The fourth-order valence-corrected chi connectivity index (χ4v) is 2.01. The Bertz CT molecular complexity index is 669. The molecule has 8 nitrogen and oxygen atoms in total. The summed E-state index contributed by atoms with van der Waals surface area (Å²) in [5.41, 5.74) is -1.17. The monoisotopic (exact) mass is 279 g/mol. The number of rotatable bonds is 3. The van der Waals surface area contributed by atoms with E-state index < -0.39 is 29.7 Å². The smallest absolute Gasteiger partial charge is 0.330 e. The van der Waals surface area contributed by atoms with Gasteiger partial charge in [0.1, 0.15) is 12.3 Å². The molecular weight excluding hydrogens is 266 g/mol. The number of nitrogens with zero attached hydrogens (tertiary/aromatic N) is 2. The molecule has 2 heterocycles. The number of aromatic nitrogens is 2. The Balaban J connectivity index is 2.38. The Kier molecular flexibility index (Phi) is 4.14. The lowest BCUT2D eigenvalue weighted by atomic mass is 10.2. The molecule has 0 spiro atoms. The van der Waals surface area contributed by atoms with E-state index in [-0.39, 0.29) is 18.6 Å². The van der Waals surface area contributed by atoms with Crippen LogP contribution >= 0.6 is 0 Å². The van der Waals surface area contributed by atoms with E-state index in [1.54, 1.807) is 6.07 Å². The minimum Gasteiger partial charge on any atom is -0.394 e. The van der Waals surface area contributed by atoms with Gasteiger partial charge >= 0.3 is 5.69 Å². The van der Waals surface area contributed by atoms with Crippen molar-refractivity contribution in [2.45, 2.75) is 24.9 Å². The summed E-state index contributed by atoms with van der Waals surface area (Å²) in [5.74, 6) is 0. The van der Waals surface area contributed by atoms with Crippen molar-refractivity contribution in [1.29, 1.82) is 5.26 Å². The van der Waals surface area contributed by atoms with Gasteiger partial charge in [0.15, 0.2) is 0 Å². The second-order valence-electron chi connectivity index (χ2n) is 4.33. The van der Waals surface area contributed by atoms with Gasteiger partial charge < -0.3 is 14.9 Å². The molecule has 0 aromatic carbocycles. The van der Waals surface area contributed by atoms with Crippen molar-refractivity contribution in [3.8, 4) is 6.07 Å². The van der Waals surface area contributed by atoms with E-state index >= 15 is 0 Å². The van der Waals surface area contributed by atoms with Crippen molar-refractivity contribution in [3.05, 3.63) is 38.7 Å². The highest BCUT2D eigenvalue weighted by molar-refractivity contribution is 5.49. The van der Waals surface area contributed by atoms with Gasteiger partial charge in [-0.1, -0.05) is 0 Å². The molecule has 0 saturated carbocycles. The van der Waals surface area contributed by atoms with Gasteiger partial charge in [-0.25, -0.2) is 4.79 Å². The Morgan fingerprint density at radius 3 is 2.95 bits per heavy atom. The minimum absolute atomic E-state index is 0.122. The van der Waals surface area contributed by atoms with Crippen LogP contribution in [0, 0.1) is 11.3 Å². The maximum atomic E-state index is 11.7. The lowest BCUT2D eigenvalue weighted by Crippen LogP contribution is -2.33. The Labute approximate surface area is 113 Å². The van der Waals surface area contributed by atoms with E-state index in [2.05, 4.69) is 4.98 Å². The molecule has 1 saturated heterocycles. The van der Waals surface area contributed by atoms with Gasteiger partial charge in [-0.15, -0.1) is 0 Å². The number of H-pyrrole nitrogens is 1. The Morgan fingerprint density at radius 2 is 2.35 bits per heavy atom. The van der Waals surface area contributed by atoms with Gasteiger partial charge in [-0.2, -0.15) is 5.26 Å². The third-order valence-electron chi connectivity index (χ3n) is 3.03. The van der Waals surface area contributed by atoms with Crippen LogP contribution in [0.15, 0.2) is 21.9 Å². The van der Waals surface area contributed by atoms with Gasteiger partial charge in [-0.3, -0.25) is 14.3 Å². The molecule has 0 aliphatic carbocycles. The number of allylic oxidation sites excluding steroid dienone is 1. The largest absolute Gasteiger partial charge is 0.394 e. The summed E-state index contributed by atoms with van der Waals surface area (Å²) >= 11 is 0. The molecule has 3 N–H and O–H groups in total. The maximum absolute atomic E-state index is 11.7. The molecule has 1 aromatic heterocycles. The van der Waals surface area contributed by atoms with Crippen molar-refractivity contribution in [3.63, 3.8) is 0 Å². The highest BCUT2D eigenvalue weighted by Gasteiger charge is 2.35. The van der Waals surface area contributed by atoms with Crippen molar-refractivity contribution in [2.75, 3.05) is 6.61 Å². The number of hydrogen-bond acceptors (Lipinski definition) is 6. The average Bonchev–Trinajstić information content (AvgIpc) is 2.79. The van der Waals surface area contributed by atoms with E-state index in [1.165, 1.54) is 12.3 Å². The quantitative estimate of drug-likeness (QED) is 0.591. The average molecular weight is 279 g/mol. The molecule has 1 aromatic rings. The van der Waals surface area contributed by atoms with Crippen LogP contribution in [0.4, 0.5) is 0 Å². The number of aliphatic hydroxyl groups is 2. The predicted octanol–water partition coefficient (Wildman–Crippen LogP) is -1.29. The first-order valence-corrected chi connectivity index (χ1v) is 5.93. The van der Waals surface area contributed by atoms with E-state index in [9.17, 15) is 14.7 Å². The van der Waals surface area contributed by atoms with Crippen LogP contribution in [-0.4, -0.2) is 38.6 Å². The van der Waals surface area contributed by atoms with Crippen LogP contribution in [-0.2, 0) is 4.74 Å². The predicted molar refractivity (Wildman–Crippen MR) is 67.6 cm³/mol. The molecule has 3 atom stereocenters. The molecule has 1 aliphatic heterocycles. The SMILES string of the molecule is N#CC=Cc1cn([C@@H]2C[C@@H](O)[C@H](CO)O2)c(=O)[nH]c1=O. The number of hydrogen-bond donors (Lipinski definition) is 3. The first-order chi connectivity index (χ1) is 9.56. The highest BCUT2D eigenvalue weighted by atomic mass is 16.5. The van der Waals surface area contributed by atoms with Gasteiger partial charge in [0.25, 0.3) is 5.56 Å². The van der Waals surface area contributed by atoms with E-state index in [0.29, 0.717) is 0 Å². The number of nitrogens with one attached hydrogen (secondary N) is 1.